The molecule has 6 heteroatoms. The van der Waals surface area contributed by atoms with Crippen LogP contribution in [0.15, 0.2) is 30.3 Å². The Hall–Kier alpha value is 2.10. The Bertz CT molecular complexity index is 184. The fraction of sp³-hybridized carbons (Fsp3) is 0.250. The van der Waals surface area contributed by atoms with E-state index in [1.807, 2.05) is 30.3 Å². The van der Waals surface area contributed by atoms with Gasteiger partial charge in [0, 0.05) is 0 Å². The maximum absolute atomic E-state index is 9.02. The first-order valence-corrected chi connectivity index (χ1v) is 3.03. The van der Waals surface area contributed by atoms with Crippen LogP contribution in [0.4, 0.5) is 0 Å². The first-order chi connectivity index (χ1) is 4.30. The summed E-state index contributed by atoms with van der Waals surface area (Å²) < 4.78 is 0. The molecule has 1 nitrogen and oxygen atoms in total. The summed E-state index contributed by atoms with van der Waals surface area (Å²) in [6, 6.07) is 9.59. The molecule has 14 heavy (non-hydrogen) atoms. The van der Waals surface area contributed by atoms with Crippen LogP contribution < -0.4 is 0 Å². The minimum absolute atomic E-state index is 0. The Morgan fingerprint density at radius 1 is 0.929 bits per heavy atom. The number of aliphatic hydroxyl groups excluding tert-OH is 1. The van der Waals surface area contributed by atoms with E-state index in [9.17, 15) is 0 Å². The summed E-state index contributed by atoms with van der Waals surface area (Å²) in [4.78, 5) is 0. The normalized spacial score (nSPS) is 8.43. The van der Waals surface area contributed by atoms with Crippen LogP contribution in [0.25, 0.3) is 0 Å². The minimum atomic E-state index is -0.341. The molecule has 0 aliphatic heterocycles. The van der Waals surface area contributed by atoms with Crippen LogP contribution in [-0.4, -0.2) is 97.9 Å². The van der Waals surface area contributed by atoms with Gasteiger partial charge in [-0.15, -0.1) is 0 Å². The molecule has 0 spiro atoms. The van der Waals surface area contributed by atoms with Gasteiger partial charge in [-0.3, -0.25) is 0 Å². The third-order valence-corrected chi connectivity index (χ3v) is 1.28. The van der Waals surface area contributed by atoms with Gasteiger partial charge in [-0.1, -0.05) is 30.3 Å². The Kier molecular flexibility index (Phi) is 37.2. The predicted octanol–water partition coefficient (Wildman–Crippen LogP) is -2.04. The van der Waals surface area contributed by atoms with Crippen molar-refractivity contribution in [2.24, 2.45) is 0 Å². The van der Waals surface area contributed by atoms with Crippen molar-refractivity contribution in [3.8, 4) is 0 Å². The van der Waals surface area contributed by atoms with Crippen LogP contribution in [0.3, 0.4) is 0 Å². The summed E-state index contributed by atoms with van der Waals surface area (Å²) >= 11 is 0. The second kappa shape index (κ2) is 17.5. The van der Waals surface area contributed by atoms with Crippen LogP contribution >= 0.6 is 0 Å². The van der Waals surface area contributed by atoms with E-state index in [4.69, 9.17) is 5.11 Å². The van der Waals surface area contributed by atoms with E-state index < -0.39 is 0 Å². The molecule has 1 aromatic carbocycles. The van der Waals surface area contributed by atoms with Gasteiger partial charge in [0.05, 0.1) is 6.10 Å². The number of hydrogen-bond donors (Lipinski definition) is 1. The zero-order chi connectivity index (χ0) is 6.69. The number of rotatable bonds is 1. The summed E-state index contributed by atoms with van der Waals surface area (Å²) in [7, 11) is 0. The fourth-order valence-corrected chi connectivity index (χ4v) is 0.732. The molecule has 0 aliphatic carbocycles. The zero-order valence-corrected chi connectivity index (χ0v) is 5.41. The first kappa shape index (κ1) is 29.8. The van der Waals surface area contributed by atoms with Gasteiger partial charge in [-0.2, -0.15) is 0 Å². The van der Waals surface area contributed by atoms with E-state index in [1.165, 1.54) is 0 Å². The van der Waals surface area contributed by atoms with Crippen molar-refractivity contribution in [3.05, 3.63) is 35.9 Å². The average Bonchev–Trinajstić information content (AvgIpc) is 1.90. The van der Waals surface area contributed by atoms with Gasteiger partial charge in [0.2, 0.25) is 0 Å². The number of benzene rings is 1. The van der Waals surface area contributed by atoms with Gasteiger partial charge in [-0.05, 0) is 12.5 Å². The third kappa shape index (κ3) is 12.2. The van der Waals surface area contributed by atoms with Crippen LogP contribution in [0.2, 0.25) is 0 Å². The first-order valence-electron chi connectivity index (χ1n) is 3.03. The van der Waals surface area contributed by atoms with Gasteiger partial charge >= 0.3 is 75.4 Å². The van der Waals surface area contributed by atoms with E-state index in [2.05, 4.69) is 0 Å². The number of hydrogen-bond acceptors (Lipinski definition) is 1. The standard InChI is InChI=1S/C8H10O.Al.4Li.7H/c1-7(9)8-5-3-2-4-6-8;;;;;;;;;;;;/h2-7,9H,1H3;;;;;;;;;;;;. The summed E-state index contributed by atoms with van der Waals surface area (Å²) in [5.41, 5.74) is 0.970. The molecule has 1 N–H and O–H groups in total. The maximum atomic E-state index is 9.02. The Balaban J connectivity index is -0.0000000540. The van der Waals surface area contributed by atoms with E-state index in [1.54, 1.807) is 6.92 Å². The van der Waals surface area contributed by atoms with Crippen molar-refractivity contribution < 1.29 is 5.11 Å². The monoisotopic (exact) mass is 184 g/mol. The SMILES string of the molecule is CC(O)c1ccccc1.[AlH3].[LiH].[LiH].[LiH].[LiH]. The van der Waals surface area contributed by atoms with Crippen LogP contribution in [-0.2, 0) is 0 Å². The average molecular weight is 184 g/mol. The second-order valence-electron chi connectivity index (χ2n) is 2.09. The molecule has 1 unspecified atom stereocenters. The summed E-state index contributed by atoms with van der Waals surface area (Å²) in [6.45, 7) is 1.76. The topological polar surface area (TPSA) is 20.2 Å². The van der Waals surface area contributed by atoms with Crippen LogP contribution in [0, 0.1) is 0 Å². The quantitative estimate of drug-likeness (QED) is 0.498. The van der Waals surface area contributed by atoms with Gasteiger partial charge in [-0.25, -0.2) is 0 Å². The molecular weight excluding hydrogens is 167 g/mol. The van der Waals surface area contributed by atoms with E-state index in [-0.39, 0.29) is 98.9 Å². The molecular formula is C8H17AlLi4O. The zero-order valence-electron chi connectivity index (χ0n) is 5.41. The van der Waals surface area contributed by atoms with Gasteiger partial charge in [0.1, 0.15) is 0 Å². The molecule has 0 radical (unpaired) electrons. The van der Waals surface area contributed by atoms with Crippen molar-refractivity contribution in [1.29, 1.82) is 0 Å². The fourth-order valence-electron chi connectivity index (χ4n) is 0.732. The third-order valence-electron chi connectivity index (χ3n) is 1.28. The second-order valence-corrected chi connectivity index (χ2v) is 2.09. The van der Waals surface area contributed by atoms with E-state index in [0.29, 0.717) is 0 Å². The van der Waals surface area contributed by atoms with Gasteiger partial charge < -0.3 is 5.11 Å². The van der Waals surface area contributed by atoms with Gasteiger partial charge in [0.25, 0.3) is 0 Å². The molecule has 1 aromatic rings. The molecule has 0 saturated carbocycles. The Labute approximate surface area is 145 Å². The molecule has 0 aromatic heterocycles. The van der Waals surface area contributed by atoms with E-state index >= 15 is 0 Å². The van der Waals surface area contributed by atoms with Crippen molar-refractivity contribution in [2.75, 3.05) is 0 Å². The van der Waals surface area contributed by atoms with Crippen molar-refractivity contribution in [3.63, 3.8) is 0 Å². The molecule has 0 amide bonds. The Morgan fingerprint density at radius 3 is 1.50 bits per heavy atom. The Morgan fingerprint density at radius 2 is 1.29 bits per heavy atom. The molecule has 0 bridgehead atoms. The molecule has 1 atom stereocenters. The van der Waals surface area contributed by atoms with Crippen LogP contribution in [0.5, 0.6) is 0 Å². The molecule has 0 aliphatic rings. The van der Waals surface area contributed by atoms with E-state index in [0.717, 1.165) is 5.56 Å². The van der Waals surface area contributed by atoms with Crippen molar-refractivity contribution in [2.45, 2.75) is 13.0 Å². The van der Waals surface area contributed by atoms with Crippen molar-refractivity contribution in [1.82, 2.24) is 0 Å². The number of aliphatic hydroxyl groups is 1. The molecule has 0 fully saturated rings. The molecule has 62 valence electrons. The summed E-state index contributed by atoms with van der Waals surface area (Å²) in [6.07, 6.45) is -0.341. The summed E-state index contributed by atoms with van der Waals surface area (Å²) in [5, 5.41) is 9.02. The molecule has 0 heterocycles. The molecule has 1 rings (SSSR count). The van der Waals surface area contributed by atoms with Crippen molar-refractivity contribution >= 4 is 92.8 Å². The molecule has 0 saturated heterocycles. The summed E-state index contributed by atoms with van der Waals surface area (Å²) in [5.74, 6) is 0. The van der Waals surface area contributed by atoms with Crippen LogP contribution in [0.1, 0.15) is 18.6 Å². The van der Waals surface area contributed by atoms with Gasteiger partial charge in [0.15, 0.2) is 17.4 Å². The predicted molar refractivity (Wildman–Crippen MR) is 75.6 cm³/mol.